The summed E-state index contributed by atoms with van der Waals surface area (Å²) in [5, 5.41) is 4.11. The molecule has 0 aliphatic carbocycles. The summed E-state index contributed by atoms with van der Waals surface area (Å²) in [6.45, 7) is 4.49. The van der Waals surface area contributed by atoms with E-state index in [4.69, 9.17) is 0 Å². The largest absolute Gasteiger partial charge is 0.338 e. The fourth-order valence-corrected chi connectivity index (χ4v) is 4.88. The SMILES string of the molecule is CN1CC[C@@H](N2CC3(CCC2=O)CCN(C(=O)c2ccnn2C)CC3)C1. The minimum Gasteiger partial charge on any atom is -0.338 e. The predicted molar refractivity (Wildman–Crippen MR) is 97.6 cm³/mol. The van der Waals surface area contributed by atoms with Gasteiger partial charge in [-0.1, -0.05) is 0 Å². The van der Waals surface area contributed by atoms with Crippen LogP contribution in [0.1, 0.15) is 42.6 Å². The summed E-state index contributed by atoms with van der Waals surface area (Å²) in [6, 6.07) is 2.16. The summed E-state index contributed by atoms with van der Waals surface area (Å²) in [5.41, 5.74) is 0.841. The summed E-state index contributed by atoms with van der Waals surface area (Å²) < 4.78 is 1.64. The van der Waals surface area contributed by atoms with Crippen molar-refractivity contribution in [3.63, 3.8) is 0 Å². The van der Waals surface area contributed by atoms with E-state index in [1.165, 1.54) is 0 Å². The molecule has 4 heterocycles. The van der Waals surface area contributed by atoms with Crippen molar-refractivity contribution in [2.24, 2.45) is 12.5 Å². The molecule has 0 unspecified atom stereocenters. The molecule has 0 bridgehead atoms. The number of rotatable bonds is 2. The van der Waals surface area contributed by atoms with Gasteiger partial charge in [-0.15, -0.1) is 0 Å². The van der Waals surface area contributed by atoms with Gasteiger partial charge >= 0.3 is 0 Å². The maximum absolute atomic E-state index is 12.7. The van der Waals surface area contributed by atoms with Crippen molar-refractivity contribution in [3.8, 4) is 0 Å². The van der Waals surface area contributed by atoms with Crippen LogP contribution in [0.3, 0.4) is 0 Å². The molecule has 3 saturated heterocycles. The summed E-state index contributed by atoms with van der Waals surface area (Å²) in [7, 11) is 3.94. The number of likely N-dealkylation sites (N-methyl/N-ethyl adjacent to an activating group) is 1. The lowest BCUT2D eigenvalue weighted by atomic mass is 9.72. The van der Waals surface area contributed by atoms with Crippen LogP contribution >= 0.6 is 0 Å². The van der Waals surface area contributed by atoms with Crippen molar-refractivity contribution in [3.05, 3.63) is 18.0 Å². The molecule has 0 radical (unpaired) electrons. The number of piperidine rings is 2. The first kappa shape index (κ1) is 17.5. The van der Waals surface area contributed by atoms with E-state index in [1.54, 1.807) is 16.9 Å². The van der Waals surface area contributed by atoms with Gasteiger partial charge < -0.3 is 14.7 Å². The fourth-order valence-electron chi connectivity index (χ4n) is 4.88. The van der Waals surface area contributed by atoms with Gasteiger partial charge in [0.2, 0.25) is 5.91 Å². The zero-order valence-corrected chi connectivity index (χ0v) is 15.9. The first-order chi connectivity index (χ1) is 12.5. The molecule has 4 rings (SSSR count). The number of aryl methyl sites for hydroxylation is 1. The standard InChI is InChI=1S/C19H29N5O2/c1-21-10-5-15(13-21)24-14-19(6-3-17(24)25)7-11-23(12-8-19)18(26)16-4-9-20-22(16)2/h4,9,15H,3,5-8,10-14H2,1-2H3/t15-/m1/s1. The molecule has 1 aromatic heterocycles. The topological polar surface area (TPSA) is 61.7 Å². The van der Waals surface area contributed by atoms with Crippen molar-refractivity contribution in [1.29, 1.82) is 0 Å². The molecule has 2 amide bonds. The van der Waals surface area contributed by atoms with Gasteiger partial charge in [-0.3, -0.25) is 14.3 Å². The van der Waals surface area contributed by atoms with E-state index >= 15 is 0 Å². The highest BCUT2D eigenvalue weighted by molar-refractivity contribution is 5.92. The second kappa shape index (κ2) is 6.68. The van der Waals surface area contributed by atoms with Crippen molar-refractivity contribution in [2.75, 3.05) is 39.8 Å². The van der Waals surface area contributed by atoms with E-state index in [1.807, 2.05) is 11.9 Å². The Labute approximate surface area is 154 Å². The van der Waals surface area contributed by atoms with Crippen LogP contribution in [-0.4, -0.2) is 82.1 Å². The molecule has 1 spiro atoms. The van der Waals surface area contributed by atoms with Gasteiger partial charge in [-0.05, 0) is 50.8 Å². The van der Waals surface area contributed by atoms with Gasteiger partial charge in [0.25, 0.3) is 5.91 Å². The number of likely N-dealkylation sites (tertiary alicyclic amines) is 3. The maximum atomic E-state index is 12.7. The lowest BCUT2D eigenvalue weighted by molar-refractivity contribution is -0.141. The van der Waals surface area contributed by atoms with Gasteiger partial charge in [-0.2, -0.15) is 5.10 Å². The highest BCUT2D eigenvalue weighted by Crippen LogP contribution is 2.41. The summed E-state index contributed by atoms with van der Waals surface area (Å²) >= 11 is 0. The second-order valence-corrected chi connectivity index (χ2v) is 8.36. The van der Waals surface area contributed by atoms with E-state index in [-0.39, 0.29) is 11.3 Å². The van der Waals surface area contributed by atoms with Crippen LogP contribution in [0, 0.1) is 5.41 Å². The monoisotopic (exact) mass is 359 g/mol. The average molecular weight is 359 g/mol. The summed E-state index contributed by atoms with van der Waals surface area (Å²) in [5.74, 6) is 0.394. The van der Waals surface area contributed by atoms with E-state index in [9.17, 15) is 9.59 Å². The molecule has 3 aliphatic rings. The lowest BCUT2D eigenvalue weighted by Crippen LogP contribution is -2.55. The smallest absolute Gasteiger partial charge is 0.272 e. The van der Waals surface area contributed by atoms with Crippen LogP contribution in [-0.2, 0) is 11.8 Å². The normalized spacial score (nSPS) is 26.7. The van der Waals surface area contributed by atoms with Crippen LogP contribution in [0.4, 0.5) is 0 Å². The molecule has 7 nitrogen and oxygen atoms in total. The van der Waals surface area contributed by atoms with Gasteiger partial charge in [0.15, 0.2) is 0 Å². The van der Waals surface area contributed by atoms with Crippen molar-refractivity contribution in [2.45, 2.75) is 38.1 Å². The summed E-state index contributed by atoms with van der Waals surface area (Å²) in [6.07, 6.45) is 6.37. The molecule has 1 atom stereocenters. The van der Waals surface area contributed by atoms with Crippen LogP contribution in [0.25, 0.3) is 0 Å². The molecule has 3 fully saturated rings. The minimum atomic E-state index is 0.0704. The Balaban J connectivity index is 1.40. The zero-order chi connectivity index (χ0) is 18.3. The molecule has 7 heteroatoms. The number of carbonyl (C=O) groups excluding carboxylic acids is 2. The number of amides is 2. The third-order valence-electron chi connectivity index (χ3n) is 6.65. The summed E-state index contributed by atoms with van der Waals surface area (Å²) in [4.78, 5) is 31.6. The van der Waals surface area contributed by atoms with Gasteiger partial charge in [-0.25, -0.2) is 0 Å². The average Bonchev–Trinajstić information content (AvgIpc) is 3.26. The minimum absolute atomic E-state index is 0.0704. The van der Waals surface area contributed by atoms with Crippen molar-refractivity contribution in [1.82, 2.24) is 24.5 Å². The van der Waals surface area contributed by atoms with Gasteiger partial charge in [0.05, 0.1) is 0 Å². The first-order valence-corrected chi connectivity index (χ1v) is 9.73. The van der Waals surface area contributed by atoms with E-state index in [2.05, 4.69) is 21.9 Å². The zero-order valence-electron chi connectivity index (χ0n) is 15.9. The molecule has 26 heavy (non-hydrogen) atoms. The number of carbonyl (C=O) groups is 2. The molecule has 0 aromatic carbocycles. The third-order valence-corrected chi connectivity index (χ3v) is 6.65. The van der Waals surface area contributed by atoms with E-state index < -0.39 is 0 Å². The quantitative estimate of drug-likeness (QED) is 0.789. The van der Waals surface area contributed by atoms with Crippen LogP contribution in [0.2, 0.25) is 0 Å². The Morgan fingerprint density at radius 1 is 1.19 bits per heavy atom. The lowest BCUT2D eigenvalue weighted by Gasteiger charge is -2.49. The number of aromatic nitrogens is 2. The number of hydrogen-bond donors (Lipinski definition) is 0. The second-order valence-electron chi connectivity index (χ2n) is 8.36. The van der Waals surface area contributed by atoms with Crippen LogP contribution < -0.4 is 0 Å². The van der Waals surface area contributed by atoms with Gasteiger partial charge in [0.1, 0.15) is 5.69 Å². The predicted octanol–water partition coefficient (Wildman–Crippen LogP) is 0.969. The van der Waals surface area contributed by atoms with Crippen LogP contribution in [0.15, 0.2) is 12.3 Å². The Hall–Kier alpha value is -1.89. The van der Waals surface area contributed by atoms with Crippen molar-refractivity contribution >= 4 is 11.8 Å². The Morgan fingerprint density at radius 2 is 1.96 bits per heavy atom. The maximum Gasteiger partial charge on any atom is 0.272 e. The Kier molecular flexibility index (Phi) is 4.50. The molecule has 3 aliphatic heterocycles. The molecule has 0 N–H and O–H groups in total. The van der Waals surface area contributed by atoms with Crippen molar-refractivity contribution < 1.29 is 9.59 Å². The van der Waals surface area contributed by atoms with E-state index in [0.717, 1.165) is 58.4 Å². The van der Waals surface area contributed by atoms with E-state index in [0.29, 0.717) is 24.1 Å². The highest BCUT2D eigenvalue weighted by atomic mass is 16.2. The fraction of sp³-hybridized carbons (Fsp3) is 0.737. The Morgan fingerprint density at radius 3 is 2.58 bits per heavy atom. The highest BCUT2D eigenvalue weighted by Gasteiger charge is 2.44. The molecular formula is C19H29N5O2. The third kappa shape index (κ3) is 3.13. The number of hydrogen-bond acceptors (Lipinski definition) is 4. The molecular weight excluding hydrogens is 330 g/mol. The molecule has 0 saturated carbocycles. The molecule has 1 aromatic rings. The van der Waals surface area contributed by atoms with Crippen LogP contribution in [0.5, 0.6) is 0 Å². The van der Waals surface area contributed by atoms with Gasteiger partial charge in [0, 0.05) is 51.9 Å². The Bertz CT molecular complexity index is 692. The number of nitrogens with zero attached hydrogens (tertiary/aromatic N) is 5. The first-order valence-electron chi connectivity index (χ1n) is 9.73. The molecule has 142 valence electrons.